The third-order valence-electron chi connectivity index (χ3n) is 3.46. The van der Waals surface area contributed by atoms with Crippen LogP contribution in [0.15, 0.2) is 42.6 Å². The molecule has 1 N–H and O–H groups in total. The van der Waals surface area contributed by atoms with Crippen molar-refractivity contribution in [1.82, 2.24) is 10.3 Å². The molecular formula is C18H23N3O. The lowest BCUT2D eigenvalue weighted by Gasteiger charge is -2.23. The molecule has 22 heavy (non-hydrogen) atoms. The number of benzene rings is 1. The van der Waals surface area contributed by atoms with E-state index in [1.54, 1.807) is 12.3 Å². The predicted molar refractivity (Wildman–Crippen MR) is 90.7 cm³/mol. The molecule has 4 heteroatoms. The maximum atomic E-state index is 11.9. The first kappa shape index (κ1) is 16.0. The second-order valence-corrected chi connectivity index (χ2v) is 5.24. The van der Waals surface area contributed by atoms with Gasteiger partial charge >= 0.3 is 0 Å². The number of aromatic nitrogens is 1. The van der Waals surface area contributed by atoms with Crippen LogP contribution >= 0.6 is 0 Å². The lowest BCUT2D eigenvalue weighted by atomic mass is 10.2. The van der Waals surface area contributed by atoms with E-state index in [0.29, 0.717) is 12.2 Å². The zero-order valence-electron chi connectivity index (χ0n) is 13.5. The standard InChI is InChI=1S/C18H23N3O/c1-4-11-19-18(22)17-10-9-16(13-20-17)21(5-2)15-8-6-7-14(3)12-15/h6-10,12-13H,4-5,11H2,1-3H3,(H,19,22). The number of pyridine rings is 1. The Balaban J connectivity index is 2.19. The fourth-order valence-corrected chi connectivity index (χ4v) is 2.32. The quantitative estimate of drug-likeness (QED) is 0.884. The van der Waals surface area contributed by atoms with E-state index in [0.717, 1.165) is 24.3 Å². The van der Waals surface area contributed by atoms with Crippen molar-refractivity contribution >= 4 is 17.3 Å². The lowest BCUT2D eigenvalue weighted by molar-refractivity contribution is 0.0948. The van der Waals surface area contributed by atoms with Gasteiger partial charge < -0.3 is 10.2 Å². The fourth-order valence-electron chi connectivity index (χ4n) is 2.32. The van der Waals surface area contributed by atoms with Crippen LogP contribution in [0.4, 0.5) is 11.4 Å². The molecule has 0 radical (unpaired) electrons. The second kappa shape index (κ2) is 7.59. The molecule has 0 aliphatic rings. The summed E-state index contributed by atoms with van der Waals surface area (Å²) in [5.41, 5.74) is 3.80. The third-order valence-corrected chi connectivity index (χ3v) is 3.46. The molecule has 1 aromatic carbocycles. The Hall–Kier alpha value is -2.36. The average Bonchev–Trinajstić information content (AvgIpc) is 2.54. The topological polar surface area (TPSA) is 45.2 Å². The number of aryl methyl sites for hydroxylation is 1. The van der Waals surface area contributed by atoms with Crippen LogP contribution in [-0.4, -0.2) is 24.0 Å². The van der Waals surface area contributed by atoms with E-state index >= 15 is 0 Å². The number of anilines is 2. The van der Waals surface area contributed by atoms with Gasteiger partial charge in [0.1, 0.15) is 5.69 Å². The van der Waals surface area contributed by atoms with E-state index in [9.17, 15) is 4.79 Å². The van der Waals surface area contributed by atoms with Gasteiger partial charge in [0.25, 0.3) is 5.91 Å². The summed E-state index contributed by atoms with van der Waals surface area (Å²) in [4.78, 5) is 18.4. The fraction of sp³-hybridized carbons (Fsp3) is 0.333. The summed E-state index contributed by atoms with van der Waals surface area (Å²) in [5.74, 6) is -0.119. The van der Waals surface area contributed by atoms with Crippen LogP contribution in [0.3, 0.4) is 0 Å². The van der Waals surface area contributed by atoms with Crippen LogP contribution < -0.4 is 10.2 Å². The van der Waals surface area contributed by atoms with Gasteiger partial charge in [-0.2, -0.15) is 0 Å². The van der Waals surface area contributed by atoms with Crippen molar-refractivity contribution in [2.75, 3.05) is 18.0 Å². The highest BCUT2D eigenvalue weighted by Gasteiger charge is 2.10. The molecule has 1 aromatic heterocycles. The Morgan fingerprint density at radius 3 is 2.59 bits per heavy atom. The first-order chi connectivity index (χ1) is 10.7. The van der Waals surface area contributed by atoms with E-state index in [1.807, 2.05) is 19.1 Å². The first-order valence-corrected chi connectivity index (χ1v) is 7.74. The predicted octanol–water partition coefficient (Wildman–Crippen LogP) is 3.69. The van der Waals surface area contributed by atoms with Gasteiger partial charge in [0.15, 0.2) is 0 Å². The molecule has 0 fully saturated rings. The minimum absolute atomic E-state index is 0.119. The van der Waals surface area contributed by atoms with Gasteiger partial charge in [-0.1, -0.05) is 19.1 Å². The van der Waals surface area contributed by atoms with Crippen molar-refractivity contribution in [2.45, 2.75) is 27.2 Å². The smallest absolute Gasteiger partial charge is 0.269 e. The minimum Gasteiger partial charge on any atom is -0.351 e. The van der Waals surface area contributed by atoms with E-state index in [2.05, 4.69) is 47.2 Å². The lowest BCUT2D eigenvalue weighted by Crippen LogP contribution is -2.25. The van der Waals surface area contributed by atoms with Crippen molar-refractivity contribution in [3.05, 3.63) is 53.9 Å². The highest BCUT2D eigenvalue weighted by molar-refractivity contribution is 5.92. The first-order valence-electron chi connectivity index (χ1n) is 7.74. The van der Waals surface area contributed by atoms with Crippen LogP contribution in [0.5, 0.6) is 0 Å². The summed E-state index contributed by atoms with van der Waals surface area (Å²) in [7, 11) is 0. The van der Waals surface area contributed by atoms with Crippen LogP contribution in [-0.2, 0) is 0 Å². The number of hydrogen-bond donors (Lipinski definition) is 1. The van der Waals surface area contributed by atoms with Crippen molar-refractivity contribution in [2.24, 2.45) is 0 Å². The Kier molecular flexibility index (Phi) is 5.53. The van der Waals surface area contributed by atoms with Crippen LogP contribution in [0, 0.1) is 6.92 Å². The zero-order valence-corrected chi connectivity index (χ0v) is 13.5. The highest BCUT2D eigenvalue weighted by Crippen LogP contribution is 2.25. The molecule has 2 aromatic rings. The number of carbonyl (C=O) groups is 1. The number of nitrogens with one attached hydrogen (secondary N) is 1. The van der Waals surface area contributed by atoms with E-state index in [-0.39, 0.29) is 5.91 Å². The normalized spacial score (nSPS) is 10.3. The third kappa shape index (κ3) is 3.85. The molecule has 0 saturated carbocycles. The Morgan fingerprint density at radius 2 is 2.00 bits per heavy atom. The molecule has 0 bridgehead atoms. The molecule has 0 spiro atoms. The summed E-state index contributed by atoms with van der Waals surface area (Å²) >= 11 is 0. The number of rotatable bonds is 6. The van der Waals surface area contributed by atoms with Crippen molar-refractivity contribution in [3.63, 3.8) is 0 Å². The second-order valence-electron chi connectivity index (χ2n) is 5.24. The van der Waals surface area contributed by atoms with Gasteiger partial charge in [-0.3, -0.25) is 4.79 Å². The number of carbonyl (C=O) groups excluding carboxylic acids is 1. The molecular weight excluding hydrogens is 274 g/mol. The van der Waals surface area contributed by atoms with E-state index < -0.39 is 0 Å². The van der Waals surface area contributed by atoms with Crippen LogP contribution in [0.1, 0.15) is 36.3 Å². The minimum atomic E-state index is -0.119. The molecule has 0 aliphatic carbocycles. The molecule has 0 unspecified atom stereocenters. The van der Waals surface area contributed by atoms with Gasteiger partial charge in [-0.15, -0.1) is 0 Å². The summed E-state index contributed by atoms with van der Waals surface area (Å²) in [6.07, 6.45) is 2.67. The molecule has 1 heterocycles. The van der Waals surface area contributed by atoms with Gasteiger partial charge in [0.05, 0.1) is 11.9 Å². The van der Waals surface area contributed by atoms with Crippen molar-refractivity contribution < 1.29 is 4.79 Å². The molecule has 1 amide bonds. The molecule has 0 aliphatic heterocycles. The molecule has 116 valence electrons. The van der Waals surface area contributed by atoms with Crippen LogP contribution in [0.25, 0.3) is 0 Å². The van der Waals surface area contributed by atoms with Gasteiger partial charge in [0, 0.05) is 18.8 Å². The highest BCUT2D eigenvalue weighted by atomic mass is 16.1. The van der Waals surface area contributed by atoms with Gasteiger partial charge in [-0.05, 0) is 50.1 Å². The monoisotopic (exact) mass is 297 g/mol. The van der Waals surface area contributed by atoms with E-state index in [1.165, 1.54) is 5.56 Å². The van der Waals surface area contributed by atoms with Crippen molar-refractivity contribution in [1.29, 1.82) is 0 Å². The zero-order chi connectivity index (χ0) is 15.9. The van der Waals surface area contributed by atoms with Gasteiger partial charge in [-0.25, -0.2) is 4.98 Å². The molecule has 0 atom stereocenters. The Bertz CT molecular complexity index is 622. The Labute approximate surface area is 132 Å². The summed E-state index contributed by atoms with van der Waals surface area (Å²) in [6.45, 7) is 7.72. The maximum Gasteiger partial charge on any atom is 0.269 e. The number of nitrogens with zero attached hydrogens (tertiary/aromatic N) is 2. The molecule has 0 saturated heterocycles. The largest absolute Gasteiger partial charge is 0.351 e. The number of hydrogen-bond acceptors (Lipinski definition) is 3. The van der Waals surface area contributed by atoms with Gasteiger partial charge in [0.2, 0.25) is 0 Å². The average molecular weight is 297 g/mol. The van der Waals surface area contributed by atoms with Crippen LogP contribution in [0.2, 0.25) is 0 Å². The van der Waals surface area contributed by atoms with Crippen molar-refractivity contribution in [3.8, 4) is 0 Å². The summed E-state index contributed by atoms with van der Waals surface area (Å²) in [6, 6.07) is 12.1. The molecule has 2 rings (SSSR count). The van der Waals surface area contributed by atoms with E-state index in [4.69, 9.17) is 0 Å². The molecule has 4 nitrogen and oxygen atoms in total. The Morgan fingerprint density at radius 1 is 1.18 bits per heavy atom. The summed E-state index contributed by atoms with van der Waals surface area (Å²) in [5, 5.41) is 2.84. The SMILES string of the molecule is CCCNC(=O)c1ccc(N(CC)c2cccc(C)c2)cn1. The summed E-state index contributed by atoms with van der Waals surface area (Å²) < 4.78 is 0. The maximum absolute atomic E-state index is 11.9. The number of amides is 1.